The van der Waals surface area contributed by atoms with E-state index < -0.39 is 127 Å². The quantitative estimate of drug-likeness (QED) is 0.0468. The van der Waals surface area contributed by atoms with E-state index in [1.807, 2.05) is 0 Å². The van der Waals surface area contributed by atoms with Crippen LogP contribution in [0.5, 0.6) is 0 Å². The molecule has 22 nitrogen and oxygen atoms in total. The lowest BCUT2D eigenvalue weighted by molar-refractivity contribution is -0.149. The average molecular weight is 833 g/mol. The number of primary amides is 2. The molecule has 1 aliphatic rings. The number of amides is 9. The molecule has 1 saturated heterocycles. The number of benzene rings is 1. The highest BCUT2D eigenvalue weighted by Crippen LogP contribution is 2.18. The Balaban J connectivity index is 2.30. The Morgan fingerprint density at radius 1 is 0.729 bits per heavy atom. The highest BCUT2D eigenvalue weighted by molar-refractivity contribution is 5.98. The smallest absolute Gasteiger partial charge is 0.326 e. The van der Waals surface area contributed by atoms with E-state index in [0.29, 0.717) is 12.0 Å². The largest absolute Gasteiger partial charge is 0.480 e. The van der Waals surface area contributed by atoms with Crippen LogP contribution in [0.2, 0.25) is 0 Å². The Kier molecular flexibility index (Phi) is 19.9. The second-order valence-corrected chi connectivity index (χ2v) is 14.5. The van der Waals surface area contributed by atoms with Gasteiger partial charge in [0.2, 0.25) is 53.2 Å². The minimum atomic E-state index is -1.67. The molecule has 1 heterocycles. The predicted octanol–water partition coefficient (Wildman–Crippen LogP) is -4.63. The monoisotopic (exact) mass is 832 g/mol. The van der Waals surface area contributed by atoms with Gasteiger partial charge in [-0.05, 0) is 44.1 Å². The van der Waals surface area contributed by atoms with E-state index in [9.17, 15) is 58.2 Å². The summed E-state index contributed by atoms with van der Waals surface area (Å²) in [5, 5.41) is 33.9. The zero-order chi connectivity index (χ0) is 44.4. The van der Waals surface area contributed by atoms with E-state index in [1.54, 1.807) is 44.2 Å². The molecule has 0 bridgehead atoms. The Hall–Kier alpha value is -6.16. The van der Waals surface area contributed by atoms with Gasteiger partial charge in [-0.2, -0.15) is 0 Å². The van der Waals surface area contributed by atoms with E-state index in [-0.39, 0.29) is 38.1 Å². The maximum atomic E-state index is 13.9. The van der Waals surface area contributed by atoms with Crippen LogP contribution in [0.25, 0.3) is 0 Å². The van der Waals surface area contributed by atoms with E-state index in [2.05, 4.69) is 31.9 Å². The van der Waals surface area contributed by atoms with Crippen molar-refractivity contribution in [3.8, 4) is 0 Å². The predicted molar refractivity (Wildman–Crippen MR) is 208 cm³/mol. The summed E-state index contributed by atoms with van der Waals surface area (Å²) in [5.41, 5.74) is 16.5. The fourth-order valence-electron chi connectivity index (χ4n) is 6.18. The number of likely N-dealkylation sites (tertiary alicyclic amines) is 1. The summed E-state index contributed by atoms with van der Waals surface area (Å²) in [7, 11) is 0. The Morgan fingerprint density at radius 2 is 1.27 bits per heavy atom. The Labute approximate surface area is 340 Å². The number of hydrogen-bond donors (Lipinski definition) is 11. The van der Waals surface area contributed by atoms with Crippen LogP contribution in [0.1, 0.15) is 64.9 Å². The molecule has 0 spiro atoms. The van der Waals surface area contributed by atoms with Crippen molar-refractivity contribution in [2.45, 2.75) is 108 Å². The number of nitrogens with two attached hydrogens (primary N) is 3. The number of nitrogens with one attached hydrogen (secondary N) is 6. The number of carboxylic acids is 1. The van der Waals surface area contributed by atoms with Gasteiger partial charge in [-0.25, -0.2) is 4.79 Å². The number of carbonyl (C=O) groups excluding carboxylic acids is 9. The molecule has 326 valence electrons. The second-order valence-electron chi connectivity index (χ2n) is 14.5. The minimum Gasteiger partial charge on any atom is -0.480 e. The molecule has 9 amide bonds. The summed E-state index contributed by atoms with van der Waals surface area (Å²) in [6, 6.07) is -1.32. The van der Waals surface area contributed by atoms with Crippen LogP contribution in [0.3, 0.4) is 0 Å². The number of carbonyl (C=O) groups is 10. The zero-order valence-corrected chi connectivity index (χ0v) is 33.2. The van der Waals surface area contributed by atoms with Gasteiger partial charge in [0.25, 0.3) is 0 Å². The number of aliphatic carboxylic acids is 1. The molecular weight excluding hydrogens is 776 g/mol. The van der Waals surface area contributed by atoms with Crippen molar-refractivity contribution in [1.29, 1.82) is 0 Å². The normalized spacial score (nSPS) is 16.6. The number of hydrogen-bond acceptors (Lipinski definition) is 12. The minimum absolute atomic E-state index is 0.00205. The molecule has 2 rings (SSSR count). The lowest BCUT2D eigenvalue weighted by atomic mass is 10.00. The number of aliphatic hydroxyl groups is 1. The molecule has 22 heteroatoms. The first-order chi connectivity index (χ1) is 27.8. The van der Waals surface area contributed by atoms with Gasteiger partial charge in [-0.15, -0.1) is 0 Å². The second kappa shape index (κ2) is 23.9. The number of aliphatic hydroxyl groups excluding tert-OH is 1. The molecule has 7 atom stereocenters. The lowest BCUT2D eigenvalue weighted by Gasteiger charge is -2.28. The third kappa shape index (κ3) is 16.3. The molecule has 14 N–H and O–H groups in total. The van der Waals surface area contributed by atoms with Gasteiger partial charge in [0.1, 0.15) is 42.3 Å². The SMILES string of the molecule is CC(C)C[C@H](NC(=O)[C@H](Cc1ccccc1)NC(=O)[C@H](CC(N)=O)NC(=O)CN)C(=O)N[C@@H](CCC(N)=O)C(=O)N[C@@H](CO)C(=O)N[C@@H](C)C(=O)N1CCC[C@H]1C(=O)O. The summed E-state index contributed by atoms with van der Waals surface area (Å²) < 4.78 is 0. The van der Waals surface area contributed by atoms with Crippen LogP contribution in [-0.4, -0.2) is 136 Å². The van der Waals surface area contributed by atoms with E-state index in [1.165, 1.54) is 6.92 Å². The van der Waals surface area contributed by atoms with Crippen LogP contribution < -0.4 is 49.1 Å². The molecule has 0 saturated carbocycles. The number of nitrogens with zero attached hydrogens (tertiary/aromatic N) is 1. The molecule has 1 aromatic carbocycles. The molecule has 59 heavy (non-hydrogen) atoms. The summed E-state index contributed by atoms with van der Waals surface area (Å²) in [4.78, 5) is 129. The topological polar surface area (TPSA) is 365 Å². The molecule has 0 aliphatic carbocycles. The molecule has 0 radical (unpaired) electrons. The lowest BCUT2D eigenvalue weighted by Crippen LogP contribution is -2.60. The molecule has 1 aliphatic heterocycles. The van der Waals surface area contributed by atoms with E-state index in [4.69, 9.17) is 17.2 Å². The molecule has 0 aromatic heterocycles. The standard InChI is InChI=1S/C37H56N10O12/c1-19(2)14-23(44-33(54)24(15-21-8-5-4-6-9-21)45-34(55)25(16-29(40)50)42-30(51)17-38)32(53)43-22(11-12-28(39)49)31(52)46-26(18-48)35(56)41-20(3)36(57)47-13-7-10-27(47)37(58)59/h4-6,8-9,19-20,22-27,48H,7,10-18,38H2,1-3H3,(H2,39,49)(H2,40,50)(H,41,56)(H,42,51)(H,43,53)(H,44,54)(H,45,55)(H,46,52)(H,58,59)/t20-,22-,23-,24-,25-,26-,27-/m0/s1. The zero-order valence-electron chi connectivity index (χ0n) is 33.2. The fourth-order valence-corrected chi connectivity index (χ4v) is 6.18. The van der Waals surface area contributed by atoms with Crippen LogP contribution in [-0.2, 0) is 54.4 Å². The van der Waals surface area contributed by atoms with Gasteiger partial charge in [0.05, 0.1) is 19.6 Å². The van der Waals surface area contributed by atoms with E-state index >= 15 is 0 Å². The van der Waals surface area contributed by atoms with Crippen molar-refractivity contribution in [1.82, 2.24) is 36.8 Å². The first-order valence-corrected chi connectivity index (χ1v) is 19.0. The number of rotatable bonds is 24. The molecule has 0 unspecified atom stereocenters. The van der Waals surface area contributed by atoms with Crippen molar-refractivity contribution in [3.05, 3.63) is 35.9 Å². The fraction of sp³-hybridized carbons (Fsp3) is 0.568. The summed E-state index contributed by atoms with van der Waals surface area (Å²) in [6.07, 6.45) is -0.850. The van der Waals surface area contributed by atoms with E-state index in [0.717, 1.165) is 4.90 Å². The van der Waals surface area contributed by atoms with Crippen molar-refractivity contribution in [2.24, 2.45) is 23.1 Å². The summed E-state index contributed by atoms with van der Waals surface area (Å²) >= 11 is 0. The highest BCUT2D eigenvalue weighted by Gasteiger charge is 2.38. The Bertz CT molecular complexity index is 1690. The summed E-state index contributed by atoms with van der Waals surface area (Å²) in [6.45, 7) is 3.47. The van der Waals surface area contributed by atoms with Crippen molar-refractivity contribution >= 4 is 59.1 Å². The van der Waals surface area contributed by atoms with Gasteiger partial charge in [0.15, 0.2) is 0 Å². The van der Waals surface area contributed by atoms with Crippen LogP contribution in [0, 0.1) is 5.92 Å². The first-order valence-electron chi connectivity index (χ1n) is 19.0. The van der Waals surface area contributed by atoms with Crippen molar-refractivity contribution < 1.29 is 58.2 Å². The van der Waals surface area contributed by atoms with Crippen molar-refractivity contribution in [3.63, 3.8) is 0 Å². The third-order valence-electron chi connectivity index (χ3n) is 9.18. The van der Waals surface area contributed by atoms with Crippen LogP contribution in [0.15, 0.2) is 30.3 Å². The van der Waals surface area contributed by atoms with Gasteiger partial charge >= 0.3 is 5.97 Å². The maximum absolute atomic E-state index is 13.9. The van der Waals surface area contributed by atoms with Crippen LogP contribution >= 0.6 is 0 Å². The summed E-state index contributed by atoms with van der Waals surface area (Å²) in [5.74, 6) is -9.45. The first kappa shape index (κ1) is 49.0. The van der Waals surface area contributed by atoms with Gasteiger partial charge < -0.3 is 64.2 Å². The van der Waals surface area contributed by atoms with Gasteiger partial charge in [-0.3, -0.25) is 43.2 Å². The number of carboxylic acid groups (broad SMARTS) is 1. The third-order valence-corrected chi connectivity index (χ3v) is 9.18. The molecular formula is C37H56N10O12. The van der Waals surface area contributed by atoms with Gasteiger partial charge in [-0.1, -0.05) is 44.2 Å². The molecule has 1 aromatic rings. The average Bonchev–Trinajstić information content (AvgIpc) is 3.67. The Morgan fingerprint density at radius 3 is 1.83 bits per heavy atom. The molecule has 1 fully saturated rings. The van der Waals surface area contributed by atoms with Gasteiger partial charge in [0, 0.05) is 19.4 Å². The van der Waals surface area contributed by atoms with Crippen LogP contribution in [0.4, 0.5) is 0 Å². The van der Waals surface area contributed by atoms with Crippen molar-refractivity contribution in [2.75, 3.05) is 19.7 Å². The highest BCUT2D eigenvalue weighted by atomic mass is 16.4. The maximum Gasteiger partial charge on any atom is 0.326 e.